The standard InChI is InChI=1S/C8H14O/c1-5(2)7-6-3-4-9-8(6)7/h5-8H,3-4H2,1-2H3/t6-,7?,8+/m0/s1. The van der Waals surface area contributed by atoms with Crippen molar-refractivity contribution in [2.75, 3.05) is 6.61 Å². The summed E-state index contributed by atoms with van der Waals surface area (Å²) in [6.45, 7) is 5.62. The number of rotatable bonds is 1. The molecule has 0 amide bonds. The van der Waals surface area contributed by atoms with Crippen LogP contribution in [0.4, 0.5) is 0 Å². The molecule has 2 fully saturated rings. The molecule has 9 heavy (non-hydrogen) atoms. The molecular formula is C8H14O. The van der Waals surface area contributed by atoms with E-state index in [4.69, 9.17) is 4.74 Å². The molecule has 52 valence electrons. The fraction of sp³-hybridized carbons (Fsp3) is 1.00. The minimum absolute atomic E-state index is 0.671. The first-order chi connectivity index (χ1) is 4.30. The summed E-state index contributed by atoms with van der Waals surface area (Å²) in [6, 6.07) is 0. The molecule has 2 aliphatic rings. The third-order valence-electron chi connectivity index (χ3n) is 2.69. The lowest BCUT2D eigenvalue weighted by Gasteiger charge is -2.05. The Kier molecular flexibility index (Phi) is 1.10. The van der Waals surface area contributed by atoms with Crippen molar-refractivity contribution in [3.8, 4) is 0 Å². The summed E-state index contributed by atoms with van der Waals surface area (Å²) in [6.07, 6.45) is 2.00. The Morgan fingerprint density at radius 2 is 2.22 bits per heavy atom. The molecule has 1 saturated carbocycles. The lowest BCUT2D eigenvalue weighted by atomic mass is 10.1. The molecule has 1 aliphatic carbocycles. The molecule has 0 spiro atoms. The van der Waals surface area contributed by atoms with Gasteiger partial charge in [0.2, 0.25) is 0 Å². The molecule has 2 rings (SSSR count). The second-order valence-electron chi connectivity index (χ2n) is 3.61. The topological polar surface area (TPSA) is 9.23 Å². The summed E-state index contributed by atoms with van der Waals surface area (Å²) in [5.74, 6) is 2.71. The fourth-order valence-electron chi connectivity index (χ4n) is 2.17. The number of hydrogen-bond acceptors (Lipinski definition) is 1. The van der Waals surface area contributed by atoms with E-state index in [9.17, 15) is 0 Å². The highest BCUT2D eigenvalue weighted by molar-refractivity contribution is 5.03. The van der Waals surface area contributed by atoms with Gasteiger partial charge in [-0.3, -0.25) is 0 Å². The lowest BCUT2D eigenvalue weighted by molar-refractivity contribution is 0.129. The maximum atomic E-state index is 5.50. The third-order valence-corrected chi connectivity index (χ3v) is 2.69. The van der Waals surface area contributed by atoms with Crippen LogP contribution in [0.3, 0.4) is 0 Å². The lowest BCUT2D eigenvalue weighted by Crippen LogP contribution is -2.02. The van der Waals surface area contributed by atoms with E-state index in [1.807, 2.05) is 0 Å². The zero-order valence-electron chi connectivity index (χ0n) is 6.13. The van der Waals surface area contributed by atoms with Gasteiger partial charge in [0.1, 0.15) is 0 Å². The Balaban J connectivity index is 1.94. The largest absolute Gasteiger partial charge is 0.378 e. The van der Waals surface area contributed by atoms with Crippen molar-refractivity contribution in [1.82, 2.24) is 0 Å². The van der Waals surface area contributed by atoms with Gasteiger partial charge in [-0.15, -0.1) is 0 Å². The summed E-state index contributed by atoms with van der Waals surface area (Å²) in [4.78, 5) is 0. The highest BCUT2D eigenvalue weighted by Crippen LogP contribution is 2.52. The number of ether oxygens (including phenoxy) is 1. The highest BCUT2D eigenvalue weighted by atomic mass is 16.5. The van der Waals surface area contributed by atoms with Crippen LogP contribution in [-0.4, -0.2) is 12.7 Å². The number of hydrogen-bond donors (Lipinski definition) is 0. The zero-order valence-corrected chi connectivity index (χ0v) is 6.13. The van der Waals surface area contributed by atoms with Crippen LogP contribution >= 0.6 is 0 Å². The molecule has 3 atom stereocenters. The molecule has 0 bridgehead atoms. The van der Waals surface area contributed by atoms with E-state index in [0.29, 0.717) is 6.10 Å². The van der Waals surface area contributed by atoms with Gasteiger partial charge in [-0.25, -0.2) is 0 Å². The molecule has 1 aliphatic heterocycles. The molecule has 0 aromatic rings. The molecule has 1 heteroatoms. The second kappa shape index (κ2) is 1.72. The Bertz CT molecular complexity index is 110. The van der Waals surface area contributed by atoms with Gasteiger partial charge in [0.25, 0.3) is 0 Å². The van der Waals surface area contributed by atoms with E-state index in [1.54, 1.807) is 0 Å². The molecular weight excluding hydrogens is 112 g/mol. The Hall–Kier alpha value is -0.0400. The van der Waals surface area contributed by atoms with Crippen LogP contribution in [0.2, 0.25) is 0 Å². The first-order valence-electron chi connectivity index (χ1n) is 3.92. The molecule has 0 N–H and O–H groups in total. The van der Waals surface area contributed by atoms with Crippen LogP contribution in [0.5, 0.6) is 0 Å². The Morgan fingerprint density at radius 1 is 1.44 bits per heavy atom. The van der Waals surface area contributed by atoms with Crippen LogP contribution < -0.4 is 0 Å². The predicted octanol–water partition coefficient (Wildman–Crippen LogP) is 1.68. The van der Waals surface area contributed by atoms with Gasteiger partial charge in [0, 0.05) is 6.61 Å². The molecule has 1 saturated heterocycles. The van der Waals surface area contributed by atoms with E-state index in [0.717, 1.165) is 24.4 Å². The maximum absolute atomic E-state index is 5.50. The maximum Gasteiger partial charge on any atom is 0.0642 e. The zero-order chi connectivity index (χ0) is 6.43. The molecule has 1 heterocycles. The fourth-order valence-corrected chi connectivity index (χ4v) is 2.17. The van der Waals surface area contributed by atoms with Gasteiger partial charge in [0.05, 0.1) is 6.10 Å². The van der Waals surface area contributed by atoms with Crippen LogP contribution in [0, 0.1) is 17.8 Å². The Morgan fingerprint density at radius 3 is 2.56 bits per heavy atom. The first-order valence-corrected chi connectivity index (χ1v) is 3.92. The van der Waals surface area contributed by atoms with Crippen LogP contribution in [0.25, 0.3) is 0 Å². The van der Waals surface area contributed by atoms with Crippen LogP contribution in [0.15, 0.2) is 0 Å². The van der Waals surface area contributed by atoms with E-state index in [2.05, 4.69) is 13.8 Å². The molecule has 1 unspecified atom stereocenters. The van der Waals surface area contributed by atoms with Crippen molar-refractivity contribution >= 4 is 0 Å². The summed E-state index contributed by atoms with van der Waals surface area (Å²) >= 11 is 0. The van der Waals surface area contributed by atoms with Gasteiger partial charge in [-0.05, 0) is 24.2 Å². The van der Waals surface area contributed by atoms with Crippen molar-refractivity contribution in [3.63, 3.8) is 0 Å². The predicted molar refractivity (Wildman–Crippen MR) is 36.2 cm³/mol. The van der Waals surface area contributed by atoms with E-state index < -0.39 is 0 Å². The summed E-state index contributed by atoms with van der Waals surface area (Å²) in [5.41, 5.74) is 0. The van der Waals surface area contributed by atoms with Crippen molar-refractivity contribution in [3.05, 3.63) is 0 Å². The van der Waals surface area contributed by atoms with Crippen LogP contribution in [0.1, 0.15) is 20.3 Å². The minimum Gasteiger partial charge on any atom is -0.378 e. The molecule has 0 radical (unpaired) electrons. The SMILES string of the molecule is CC(C)C1[C@@H]2CCO[C@@H]12. The van der Waals surface area contributed by atoms with Gasteiger partial charge < -0.3 is 4.74 Å². The van der Waals surface area contributed by atoms with Crippen molar-refractivity contribution < 1.29 is 4.74 Å². The molecule has 0 aromatic carbocycles. The summed E-state index contributed by atoms with van der Waals surface area (Å²) in [7, 11) is 0. The van der Waals surface area contributed by atoms with E-state index in [-0.39, 0.29) is 0 Å². The second-order valence-corrected chi connectivity index (χ2v) is 3.61. The average Bonchev–Trinajstić information content (AvgIpc) is 2.30. The minimum atomic E-state index is 0.671. The van der Waals surface area contributed by atoms with Crippen molar-refractivity contribution in [1.29, 1.82) is 0 Å². The smallest absolute Gasteiger partial charge is 0.0642 e. The molecule has 1 nitrogen and oxygen atoms in total. The van der Waals surface area contributed by atoms with E-state index in [1.165, 1.54) is 6.42 Å². The Labute approximate surface area is 56.4 Å². The van der Waals surface area contributed by atoms with Crippen molar-refractivity contribution in [2.45, 2.75) is 26.4 Å². The van der Waals surface area contributed by atoms with Gasteiger partial charge in [-0.1, -0.05) is 13.8 Å². The summed E-state index contributed by atoms with van der Waals surface area (Å²) in [5, 5.41) is 0. The van der Waals surface area contributed by atoms with Crippen molar-refractivity contribution in [2.24, 2.45) is 17.8 Å². The number of fused-ring (bicyclic) bond motifs is 1. The average molecular weight is 126 g/mol. The van der Waals surface area contributed by atoms with Gasteiger partial charge in [-0.2, -0.15) is 0 Å². The normalized spacial score (nSPS) is 47.7. The van der Waals surface area contributed by atoms with Gasteiger partial charge >= 0.3 is 0 Å². The summed E-state index contributed by atoms with van der Waals surface area (Å²) < 4.78 is 5.50. The third kappa shape index (κ3) is 0.710. The highest BCUT2D eigenvalue weighted by Gasteiger charge is 2.55. The van der Waals surface area contributed by atoms with Crippen LogP contribution in [-0.2, 0) is 4.74 Å². The van der Waals surface area contributed by atoms with Gasteiger partial charge in [0.15, 0.2) is 0 Å². The molecule has 0 aromatic heterocycles. The monoisotopic (exact) mass is 126 g/mol. The first kappa shape index (κ1) is 5.72. The quantitative estimate of drug-likeness (QED) is 0.519. The van der Waals surface area contributed by atoms with E-state index >= 15 is 0 Å².